The number of rotatable bonds is 3. The third-order valence-corrected chi connectivity index (χ3v) is 6.38. The molecule has 6 nitrogen and oxygen atoms in total. The van der Waals surface area contributed by atoms with Crippen LogP contribution in [0.2, 0.25) is 0 Å². The van der Waals surface area contributed by atoms with Crippen LogP contribution in [0.15, 0.2) is 23.1 Å². The van der Waals surface area contributed by atoms with Gasteiger partial charge in [-0.3, -0.25) is 4.79 Å². The summed E-state index contributed by atoms with van der Waals surface area (Å²) in [6.45, 7) is 1.28. The van der Waals surface area contributed by atoms with Crippen molar-refractivity contribution < 1.29 is 22.0 Å². The Morgan fingerprint density at radius 1 is 1.12 bits per heavy atom. The van der Waals surface area contributed by atoms with Crippen molar-refractivity contribution in [1.82, 2.24) is 14.5 Å². The lowest BCUT2D eigenvalue weighted by atomic mass is 10.2. The fraction of sp³-hybridized carbons (Fsp3) is 0.533. The lowest BCUT2D eigenvalue weighted by Gasteiger charge is -2.35. The summed E-state index contributed by atoms with van der Waals surface area (Å²) in [7, 11) is -4.26. The number of piperazine rings is 1. The van der Waals surface area contributed by atoms with Gasteiger partial charge in [0.25, 0.3) is 0 Å². The third-order valence-electron chi connectivity index (χ3n) is 4.43. The summed E-state index contributed by atoms with van der Waals surface area (Å²) in [5.41, 5.74) is 0. The van der Waals surface area contributed by atoms with E-state index in [1.165, 1.54) is 0 Å². The summed E-state index contributed by atoms with van der Waals surface area (Å²) in [6.07, 6.45) is 1.72. The van der Waals surface area contributed by atoms with E-state index in [1.807, 2.05) is 0 Å². The third kappa shape index (κ3) is 3.15. The van der Waals surface area contributed by atoms with Gasteiger partial charge in [-0.2, -0.15) is 4.31 Å². The Bertz CT molecular complexity index is 707. The van der Waals surface area contributed by atoms with Crippen molar-refractivity contribution in [3.05, 3.63) is 29.8 Å². The second-order valence-corrected chi connectivity index (χ2v) is 7.80. The van der Waals surface area contributed by atoms with Crippen molar-refractivity contribution in [2.75, 3.05) is 32.7 Å². The van der Waals surface area contributed by atoms with E-state index in [2.05, 4.69) is 5.32 Å². The molecule has 0 saturated carbocycles. The number of halogens is 2. The zero-order valence-electron chi connectivity index (χ0n) is 13.0. The van der Waals surface area contributed by atoms with Crippen molar-refractivity contribution in [2.24, 2.45) is 0 Å². The highest BCUT2D eigenvalue weighted by Crippen LogP contribution is 2.24. The van der Waals surface area contributed by atoms with Crippen LogP contribution in [0, 0.1) is 11.6 Å². The van der Waals surface area contributed by atoms with Crippen LogP contribution in [0.4, 0.5) is 8.78 Å². The molecule has 2 saturated heterocycles. The molecule has 0 radical (unpaired) electrons. The Morgan fingerprint density at radius 3 is 2.29 bits per heavy atom. The SMILES string of the molecule is O=C(C1CCCN1)N1CCN(S(=O)(=O)c2c(F)cccc2F)CC1. The number of nitrogens with zero attached hydrogens (tertiary/aromatic N) is 2. The minimum atomic E-state index is -4.26. The number of amides is 1. The summed E-state index contributed by atoms with van der Waals surface area (Å²) in [5.74, 6) is -2.26. The summed E-state index contributed by atoms with van der Waals surface area (Å²) in [6, 6.07) is 2.75. The Labute approximate surface area is 139 Å². The first-order valence-corrected chi connectivity index (χ1v) is 9.31. The lowest BCUT2D eigenvalue weighted by Crippen LogP contribution is -2.54. The number of carbonyl (C=O) groups excluding carboxylic acids is 1. The van der Waals surface area contributed by atoms with Gasteiger partial charge < -0.3 is 10.2 Å². The molecule has 1 atom stereocenters. The van der Waals surface area contributed by atoms with E-state index < -0.39 is 26.6 Å². The maximum atomic E-state index is 13.8. The van der Waals surface area contributed by atoms with Gasteiger partial charge in [0.2, 0.25) is 15.9 Å². The minimum absolute atomic E-state index is 0.0224. The smallest absolute Gasteiger partial charge is 0.249 e. The van der Waals surface area contributed by atoms with Crippen molar-refractivity contribution in [3.63, 3.8) is 0 Å². The highest BCUT2D eigenvalue weighted by atomic mass is 32.2. The largest absolute Gasteiger partial charge is 0.339 e. The molecule has 0 bridgehead atoms. The van der Waals surface area contributed by atoms with E-state index in [0.717, 1.165) is 41.9 Å². The maximum absolute atomic E-state index is 13.8. The zero-order valence-corrected chi connectivity index (χ0v) is 13.9. The van der Waals surface area contributed by atoms with Gasteiger partial charge in [-0.1, -0.05) is 6.07 Å². The molecule has 24 heavy (non-hydrogen) atoms. The highest BCUT2D eigenvalue weighted by Gasteiger charge is 2.35. The Balaban J connectivity index is 1.71. The van der Waals surface area contributed by atoms with E-state index in [9.17, 15) is 22.0 Å². The number of carbonyl (C=O) groups is 1. The molecular formula is C15H19F2N3O3S. The van der Waals surface area contributed by atoms with Gasteiger partial charge >= 0.3 is 0 Å². The van der Waals surface area contributed by atoms with Crippen LogP contribution in [-0.4, -0.2) is 62.3 Å². The van der Waals surface area contributed by atoms with Crippen LogP contribution in [0.5, 0.6) is 0 Å². The minimum Gasteiger partial charge on any atom is -0.339 e. The van der Waals surface area contributed by atoms with Crippen LogP contribution >= 0.6 is 0 Å². The van der Waals surface area contributed by atoms with Crippen molar-refractivity contribution in [3.8, 4) is 0 Å². The fourth-order valence-corrected chi connectivity index (χ4v) is 4.65. The van der Waals surface area contributed by atoms with Gasteiger partial charge in [0.1, 0.15) is 11.6 Å². The molecule has 1 amide bonds. The molecule has 1 aromatic carbocycles. The maximum Gasteiger partial charge on any atom is 0.249 e. The van der Waals surface area contributed by atoms with E-state index in [1.54, 1.807) is 4.90 Å². The summed E-state index contributed by atoms with van der Waals surface area (Å²) >= 11 is 0. The van der Waals surface area contributed by atoms with Gasteiger partial charge in [-0.25, -0.2) is 17.2 Å². The Hall–Kier alpha value is -1.58. The van der Waals surface area contributed by atoms with E-state index >= 15 is 0 Å². The van der Waals surface area contributed by atoms with E-state index in [4.69, 9.17) is 0 Å². The highest BCUT2D eigenvalue weighted by molar-refractivity contribution is 7.89. The van der Waals surface area contributed by atoms with E-state index in [0.29, 0.717) is 0 Å². The van der Waals surface area contributed by atoms with Gasteiger partial charge in [0, 0.05) is 26.2 Å². The first-order valence-electron chi connectivity index (χ1n) is 7.87. The van der Waals surface area contributed by atoms with Crippen LogP contribution in [-0.2, 0) is 14.8 Å². The van der Waals surface area contributed by atoms with Crippen LogP contribution < -0.4 is 5.32 Å². The fourth-order valence-electron chi connectivity index (χ4n) is 3.12. The van der Waals surface area contributed by atoms with Crippen LogP contribution in [0.3, 0.4) is 0 Å². The molecule has 2 fully saturated rings. The zero-order chi connectivity index (χ0) is 17.3. The Kier molecular flexibility index (Phi) is 4.84. The Morgan fingerprint density at radius 2 is 1.75 bits per heavy atom. The number of hydrogen-bond acceptors (Lipinski definition) is 4. The number of benzene rings is 1. The van der Waals surface area contributed by atoms with Gasteiger partial charge in [-0.05, 0) is 31.5 Å². The number of hydrogen-bond donors (Lipinski definition) is 1. The van der Waals surface area contributed by atoms with Crippen LogP contribution in [0.1, 0.15) is 12.8 Å². The quantitative estimate of drug-likeness (QED) is 0.856. The van der Waals surface area contributed by atoms with Gasteiger partial charge in [-0.15, -0.1) is 0 Å². The second-order valence-electron chi connectivity index (χ2n) is 5.93. The molecule has 2 aliphatic heterocycles. The normalized spacial score (nSPS) is 22.8. The standard InChI is InChI=1S/C15H19F2N3O3S/c16-11-3-1-4-12(17)14(11)24(22,23)20-9-7-19(8-10-20)15(21)13-5-2-6-18-13/h1,3-4,13,18H,2,5-10H2. The average molecular weight is 359 g/mol. The monoisotopic (exact) mass is 359 g/mol. The topological polar surface area (TPSA) is 69.7 Å². The molecule has 0 aliphatic carbocycles. The van der Waals surface area contributed by atoms with Crippen molar-refractivity contribution in [2.45, 2.75) is 23.8 Å². The molecule has 2 aliphatic rings. The lowest BCUT2D eigenvalue weighted by molar-refractivity contribution is -0.134. The second kappa shape index (κ2) is 6.73. The molecule has 1 aromatic rings. The predicted molar refractivity (Wildman–Crippen MR) is 82.7 cm³/mol. The average Bonchev–Trinajstić information content (AvgIpc) is 3.08. The van der Waals surface area contributed by atoms with Crippen molar-refractivity contribution >= 4 is 15.9 Å². The summed E-state index contributed by atoms with van der Waals surface area (Å²) in [4.78, 5) is 13.0. The number of nitrogens with one attached hydrogen (secondary N) is 1. The molecular weight excluding hydrogens is 340 g/mol. The molecule has 1 unspecified atom stereocenters. The predicted octanol–water partition coefficient (Wildman–Crippen LogP) is 0.550. The van der Waals surface area contributed by atoms with Gasteiger partial charge in [0.05, 0.1) is 6.04 Å². The first kappa shape index (κ1) is 17.2. The molecule has 2 heterocycles. The summed E-state index contributed by atoms with van der Waals surface area (Å²) < 4.78 is 53.6. The molecule has 132 valence electrons. The molecule has 9 heteroatoms. The molecule has 0 spiro atoms. The van der Waals surface area contributed by atoms with Gasteiger partial charge in [0.15, 0.2) is 4.90 Å². The number of sulfonamides is 1. The van der Waals surface area contributed by atoms with Crippen LogP contribution in [0.25, 0.3) is 0 Å². The van der Waals surface area contributed by atoms with E-state index in [-0.39, 0.29) is 38.1 Å². The molecule has 3 rings (SSSR count). The first-order chi connectivity index (χ1) is 11.4. The van der Waals surface area contributed by atoms with Crippen molar-refractivity contribution in [1.29, 1.82) is 0 Å². The summed E-state index contributed by atoms with van der Waals surface area (Å²) in [5, 5.41) is 3.11. The molecule has 1 N–H and O–H groups in total. The molecule has 0 aromatic heterocycles.